The van der Waals surface area contributed by atoms with Gasteiger partial charge in [-0.3, -0.25) is 10.2 Å². The average Bonchev–Trinajstić information content (AvgIpc) is 2.87. The first-order chi connectivity index (χ1) is 7.33. The lowest BCUT2D eigenvalue weighted by molar-refractivity contribution is -0.130. The van der Waals surface area contributed by atoms with E-state index in [-0.39, 0.29) is 0 Å². The summed E-state index contributed by atoms with van der Waals surface area (Å²) in [5.41, 5.74) is 3.10. The van der Waals surface area contributed by atoms with Crippen molar-refractivity contribution in [1.29, 1.82) is 0 Å². The van der Waals surface area contributed by atoms with Crippen LogP contribution in [0, 0.1) is 17.8 Å². The SMILES string of the molecule is O=C(NN1CCCCC1)C1CC2CC2C1. The number of amides is 1. The Morgan fingerprint density at radius 2 is 1.67 bits per heavy atom. The Kier molecular flexibility index (Phi) is 2.43. The Hall–Kier alpha value is -0.570. The third kappa shape index (κ3) is 2.03. The molecule has 3 aliphatic rings. The molecule has 0 spiro atoms. The normalized spacial score (nSPS) is 39.9. The molecule has 2 saturated carbocycles. The number of hydrogen-bond donors (Lipinski definition) is 1. The van der Waals surface area contributed by atoms with E-state index in [1.54, 1.807) is 0 Å². The van der Waals surface area contributed by atoms with Crippen molar-refractivity contribution >= 4 is 5.91 Å². The fraction of sp³-hybridized carbons (Fsp3) is 0.917. The van der Waals surface area contributed by atoms with E-state index in [1.807, 2.05) is 0 Å². The highest BCUT2D eigenvalue weighted by atomic mass is 16.2. The maximum absolute atomic E-state index is 11.9. The van der Waals surface area contributed by atoms with Crippen LogP contribution in [-0.4, -0.2) is 24.0 Å². The molecule has 1 N–H and O–H groups in total. The lowest BCUT2D eigenvalue weighted by Gasteiger charge is -2.28. The summed E-state index contributed by atoms with van der Waals surface area (Å²) in [4.78, 5) is 11.9. The van der Waals surface area contributed by atoms with E-state index in [4.69, 9.17) is 0 Å². The van der Waals surface area contributed by atoms with E-state index in [0.29, 0.717) is 11.8 Å². The van der Waals surface area contributed by atoms with Crippen LogP contribution in [0.3, 0.4) is 0 Å². The van der Waals surface area contributed by atoms with Gasteiger partial charge < -0.3 is 0 Å². The summed E-state index contributed by atoms with van der Waals surface area (Å²) in [6.45, 7) is 2.09. The zero-order valence-corrected chi connectivity index (χ0v) is 9.24. The zero-order valence-electron chi connectivity index (χ0n) is 9.24. The van der Waals surface area contributed by atoms with Crippen LogP contribution >= 0.6 is 0 Å². The second-order valence-electron chi connectivity index (χ2n) is 5.45. The molecule has 3 fully saturated rings. The fourth-order valence-corrected chi connectivity index (χ4v) is 3.18. The monoisotopic (exact) mass is 208 g/mol. The number of fused-ring (bicyclic) bond motifs is 1. The number of nitrogens with zero attached hydrogens (tertiary/aromatic N) is 1. The summed E-state index contributed by atoms with van der Waals surface area (Å²) in [5.74, 6) is 2.43. The van der Waals surface area contributed by atoms with Gasteiger partial charge in [0.15, 0.2) is 0 Å². The van der Waals surface area contributed by atoms with Gasteiger partial charge >= 0.3 is 0 Å². The topological polar surface area (TPSA) is 32.3 Å². The minimum atomic E-state index is 0.295. The van der Waals surface area contributed by atoms with Crippen molar-refractivity contribution in [2.24, 2.45) is 17.8 Å². The third-order valence-electron chi connectivity index (χ3n) is 4.24. The van der Waals surface area contributed by atoms with Crippen LogP contribution in [0.2, 0.25) is 0 Å². The molecule has 3 rings (SSSR count). The molecule has 0 radical (unpaired) electrons. The van der Waals surface area contributed by atoms with Crippen LogP contribution < -0.4 is 5.43 Å². The smallest absolute Gasteiger partial charge is 0.237 e. The van der Waals surface area contributed by atoms with Gasteiger partial charge in [-0.25, -0.2) is 5.01 Å². The molecular formula is C12H20N2O. The van der Waals surface area contributed by atoms with Crippen LogP contribution in [0.15, 0.2) is 0 Å². The van der Waals surface area contributed by atoms with Gasteiger partial charge in [-0.15, -0.1) is 0 Å². The van der Waals surface area contributed by atoms with Crippen molar-refractivity contribution < 1.29 is 4.79 Å². The van der Waals surface area contributed by atoms with Gasteiger partial charge in [0.05, 0.1) is 0 Å². The van der Waals surface area contributed by atoms with Crippen LogP contribution in [0.1, 0.15) is 38.5 Å². The van der Waals surface area contributed by atoms with Crippen molar-refractivity contribution in [3.8, 4) is 0 Å². The molecule has 3 nitrogen and oxygen atoms in total. The molecule has 0 aromatic rings. The second-order valence-corrected chi connectivity index (χ2v) is 5.45. The standard InChI is InChI=1S/C12H20N2O/c15-12(11-7-9-6-10(9)8-11)13-14-4-2-1-3-5-14/h9-11H,1-8H2,(H,13,15). The first-order valence-electron chi connectivity index (χ1n) is 6.38. The first kappa shape index (κ1) is 9.64. The van der Waals surface area contributed by atoms with Crippen molar-refractivity contribution in [2.45, 2.75) is 38.5 Å². The number of hydrogen-bond acceptors (Lipinski definition) is 2. The lowest BCUT2D eigenvalue weighted by Crippen LogP contribution is -2.47. The van der Waals surface area contributed by atoms with Gasteiger partial charge in [-0.1, -0.05) is 6.42 Å². The predicted octanol–water partition coefficient (Wildman–Crippen LogP) is 1.55. The van der Waals surface area contributed by atoms with E-state index in [2.05, 4.69) is 10.4 Å². The predicted molar refractivity (Wildman–Crippen MR) is 57.9 cm³/mol. The molecule has 15 heavy (non-hydrogen) atoms. The van der Waals surface area contributed by atoms with E-state index < -0.39 is 0 Å². The third-order valence-corrected chi connectivity index (χ3v) is 4.24. The molecule has 1 aliphatic heterocycles. The summed E-state index contributed by atoms with van der Waals surface area (Å²) < 4.78 is 0. The quantitative estimate of drug-likeness (QED) is 0.746. The molecule has 1 heterocycles. The fourth-order valence-electron chi connectivity index (χ4n) is 3.18. The highest BCUT2D eigenvalue weighted by Gasteiger charge is 2.48. The van der Waals surface area contributed by atoms with Gasteiger partial charge in [-0.2, -0.15) is 0 Å². The van der Waals surface area contributed by atoms with E-state index in [0.717, 1.165) is 37.8 Å². The summed E-state index contributed by atoms with van der Waals surface area (Å²) in [6.07, 6.45) is 7.49. The Balaban J connectivity index is 1.47. The Morgan fingerprint density at radius 1 is 1.00 bits per heavy atom. The largest absolute Gasteiger partial charge is 0.289 e. The second kappa shape index (κ2) is 3.78. The van der Waals surface area contributed by atoms with Gasteiger partial charge in [0.2, 0.25) is 5.91 Å². The van der Waals surface area contributed by atoms with E-state index in [9.17, 15) is 4.79 Å². The minimum Gasteiger partial charge on any atom is -0.289 e. The van der Waals surface area contributed by atoms with Crippen molar-refractivity contribution in [3.63, 3.8) is 0 Å². The summed E-state index contributed by atoms with van der Waals surface area (Å²) >= 11 is 0. The summed E-state index contributed by atoms with van der Waals surface area (Å²) in [7, 11) is 0. The molecule has 1 saturated heterocycles. The van der Waals surface area contributed by atoms with Gasteiger partial charge in [0.1, 0.15) is 0 Å². The molecule has 2 aliphatic carbocycles. The van der Waals surface area contributed by atoms with E-state index in [1.165, 1.54) is 25.7 Å². The maximum atomic E-state index is 11.9. The number of rotatable bonds is 2. The molecule has 2 atom stereocenters. The van der Waals surface area contributed by atoms with Crippen LogP contribution in [0.5, 0.6) is 0 Å². The van der Waals surface area contributed by atoms with Gasteiger partial charge in [0.25, 0.3) is 0 Å². The summed E-state index contributed by atoms with van der Waals surface area (Å²) in [5, 5.41) is 2.12. The van der Waals surface area contributed by atoms with E-state index >= 15 is 0 Å². The lowest BCUT2D eigenvalue weighted by atomic mass is 10.0. The number of carbonyl (C=O) groups is 1. The molecule has 0 aromatic heterocycles. The Labute approximate surface area is 91.2 Å². The molecule has 84 valence electrons. The van der Waals surface area contributed by atoms with Crippen LogP contribution in [0.4, 0.5) is 0 Å². The molecular weight excluding hydrogens is 188 g/mol. The molecule has 1 amide bonds. The van der Waals surface area contributed by atoms with Crippen molar-refractivity contribution in [3.05, 3.63) is 0 Å². The number of nitrogens with one attached hydrogen (secondary N) is 1. The Morgan fingerprint density at radius 3 is 2.33 bits per heavy atom. The number of carbonyl (C=O) groups excluding carboxylic acids is 1. The average molecular weight is 208 g/mol. The Bertz CT molecular complexity index is 250. The van der Waals surface area contributed by atoms with Crippen LogP contribution in [-0.2, 0) is 4.79 Å². The first-order valence-corrected chi connectivity index (χ1v) is 6.38. The molecule has 3 heteroatoms. The zero-order chi connectivity index (χ0) is 10.3. The summed E-state index contributed by atoms with van der Waals surface area (Å²) in [6, 6.07) is 0. The number of piperidine rings is 1. The maximum Gasteiger partial charge on any atom is 0.237 e. The molecule has 0 aromatic carbocycles. The van der Waals surface area contributed by atoms with Gasteiger partial charge in [-0.05, 0) is 43.9 Å². The minimum absolute atomic E-state index is 0.295. The van der Waals surface area contributed by atoms with Crippen molar-refractivity contribution in [1.82, 2.24) is 10.4 Å². The number of hydrazine groups is 1. The van der Waals surface area contributed by atoms with Crippen molar-refractivity contribution in [2.75, 3.05) is 13.1 Å². The molecule has 2 unspecified atom stereocenters. The van der Waals surface area contributed by atoms with Gasteiger partial charge in [0, 0.05) is 19.0 Å². The highest BCUT2D eigenvalue weighted by molar-refractivity contribution is 5.78. The van der Waals surface area contributed by atoms with Crippen LogP contribution in [0.25, 0.3) is 0 Å². The molecule has 0 bridgehead atoms. The highest BCUT2D eigenvalue weighted by Crippen LogP contribution is 2.54.